The summed E-state index contributed by atoms with van der Waals surface area (Å²) in [4.78, 5) is 28.8. The molecule has 9 nitrogen and oxygen atoms in total. The van der Waals surface area contributed by atoms with E-state index in [4.69, 9.17) is 11.6 Å². The molecule has 1 saturated heterocycles. The fraction of sp³-hybridized carbons (Fsp3) is 0.235. The molecule has 1 fully saturated rings. The highest BCUT2D eigenvalue weighted by Gasteiger charge is 2.22. The summed E-state index contributed by atoms with van der Waals surface area (Å²) in [6.07, 6.45) is 4.55. The van der Waals surface area contributed by atoms with Crippen LogP contribution in [0.15, 0.2) is 49.3 Å². The fourth-order valence-electron chi connectivity index (χ4n) is 2.84. The summed E-state index contributed by atoms with van der Waals surface area (Å²) >= 11 is 5.87. The van der Waals surface area contributed by atoms with E-state index < -0.39 is 0 Å². The van der Waals surface area contributed by atoms with Crippen LogP contribution in [0.1, 0.15) is 0 Å². The van der Waals surface area contributed by atoms with E-state index in [0.29, 0.717) is 37.0 Å². The zero-order valence-corrected chi connectivity index (χ0v) is 15.1. The zero-order valence-electron chi connectivity index (χ0n) is 14.4. The monoisotopic (exact) mass is 384 g/mol. The summed E-state index contributed by atoms with van der Waals surface area (Å²) in [7, 11) is 0. The molecule has 1 aliphatic heterocycles. The first kappa shape index (κ1) is 17.2. The number of nitrogens with one attached hydrogen (secondary N) is 1. The Kier molecular flexibility index (Phi) is 4.84. The van der Waals surface area contributed by atoms with Gasteiger partial charge in [0.05, 0.1) is 0 Å². The van der Waals surface area contributed by atoms with Crippen molar-refractivity contribution in [3.63, 3.8) is 0 Å². The standard InChI is InChI=1S/C17H17ClN8O/c18-13-1-3-14(4-2-13)23-17(27)25-7-5-24(6-8-25)15-9-16(21-11-20-15)26-12-19-10-22-26/h1-4,9-12H,5-8H2,(H,23,27). The van der Waals surface area contributed by atoms with Gasteiger partial charge in [-0.25, -0.2) is 24.4 Å². The quantitative estimate of drug-likeness (QED) is 0.743. The SMILES string of the molecule is O=C(Nc1ccc(Cl)cc1)N1CCN(c2cc(-n3cncn3)ncn2)CC1. The maximum absolute atomic E-state index is 12.4. The molecule has 0 spiro atoms. The van der Waals surface area contributed by atoms with Gasteiger partial charge in [0, 0.05) is 43.0 Å². The van der Waals surface area contributed by atoms with Crippen LogP contribution in [0.2, 0.25) is 5.02 Å². The maximum atomic E-state index is 12.4. The van der Waals surface area contributed by atoms with Crippen LogP contribution in [0, 0.1) is 0 Å². The molecule has 2 aromatic heterocycles. The van der Waals surface area contributed by atoms with E-state index in [2.05, 4.69) is 30.3 Å². The third kappa shape index (κ3) is 3.98. The first-order valence-electron chi connectivity index (χ1n) is 8.42. The van der Waals surface area contributed by atoms with Crippen LogP contribution in [0.4, 0.5) is 16.3 Å². The summed E-state index contributed by atoms with van der Waals surface area (Å²) in [6.45, 7) is 2.56. The molecule has 2 amide bonds. The van der Waals surface area contributed by atoms with Crippen molar-refractivity contribution in [3.8, 4) is 5.82 Å². The number of nitrogens with zero attached hydrogens (tertiary/aromatic N) is 7. The first-order valence-corrected chi connectivity index (χ1v) is 8.80. The smallest absolute Gasteiger partial charge is 0.321 e. The molecule has 3 heterocycles. The molecule has 0 aliphatic carbocycles. The number of aromatic nitrogens is 5. The number of anilines is 2. The number of carbonyl (C=O) groups is 1. The average Bonchev–Trinajstić information content (AvgIpc) is 3.25. The third-order valence-electron chi connectivity index (χ3n) is 4.28. The molecule has 10 heteroatoms. The van der Waals surface area contributed by atoms with Gasteiger partial charge < -0.3 is 15.1 Å². The van der Waals surface area contributed by atoms with Gasteiger partial charge in [-0.1, -0.05) is 11.6 Å². The molecule has 0 radical (unpaired) electrons. The van der Waals surface area contributed by atoms with Crippen LogP contribution in [-0.4, -0.2) is 61.8 Å². The summed E-state index contributed by atoms with van der Waals surface area (Å²) in [5.74, 6) is 1.45. The van der Waals surface area contributed by atoms with Gasteiger partial charge in [0.25, 0.3) is 0 Å². The summed E-state index contributed by atoms with van der Waals surface area (Å²) < 4.78 is 1.58. The number of carbonyl (C=O) groups excluding carboxylic acids is 1. The number of piperazine rings is 1. The van der Waals surface area contributed by atoms with Crippen molar-refractivity contribution in [3.05, 3.63) is 54.3 Å². The highest BCUT2D eigenvalue weighted by molar-refractivity contribution is 6.30. The Labute approximate surface area is 160 Å². The first-order chi connectivity index (χ1) is 13.2. The Balaban J connectivity index is 1.37. The molecule has 3 aromatic rings. The molecule has 0 bridgehead atoms. The van der Waals surface area contributed by atoms with E-state index in [1.165, 1.54) is 12.7 Å². The van der Waals surface area contributed by atoms with E-state index in [0.717, 1.165) is 11.5 Å². The molecular formula is C17H17ClN8O. The van der Waals surface area contributed by atoms with Crippen molar-refractivity contribution >= 4 is 29.1 Å². The van der Waals surface area contributed by atoms with Gasteiger partial charge in [-0.3, -0.25) is 0 Å². The number of hydrogen-bond acceptors (Lipinski definition) is 6. The number of benzene rings is 1. The molecule has 0 saturated carbocycles. The van der Waals surface area contributed by atoms with Crippen molar-refractivity contribution < 1.29 is 4.79 Å². The molecule has 0 atom stereocenters. The Morgan fingerprint density at radius 3 is 2.44 bits per heavy atom. The number of halogens is 1. The Morgan fingerprint density at radius 1 is 1.00 bits per heavy atom. The topological polar surface area (TPSA) is 92.1 Å². The second-order valence-corrected chi connectivity index (χ2v) is 6.42. The second kappa shape index (κ2) is 7.58. The number of urea groups is 1. The lowest BCUT2D eigenvalue weighted by Crippen LogP contribution is -2.50. The van der Waals surface area contributed by atoms with Crippen molar-refractivity contribution in [1.29, 1.82) is 0 Å². The van der Waals surface area contributed by atoms with Crippen LogP contribution < -0.4 is 10.2 Å². The Hall–Kier alpha value is -3.20. The average molecular weight is 385 g/mol. The van der Waals surface area contributed by atoms with E-state index in [1.54, 1.807) is 40.2 Å². The number of rotatable bonds is 3. The fourth-order valence-corrected chi connectivity index (χ4v) is 2.96. The minimum Gasteiger partial charge on any atom is -0.353 e. The van der Waals surface area contributed by atoms with Crippen molar-refractivity contribution in [2.45, 2.75) is 0 Å². The molecule has 1 N–H and O–H groups in total. The lowest BCUT2D eigenvalue weighted by Gasteiger charge is -2.35. The highest BCUT2D eigenvalue weighted by Crippen LogP contribution is 2.17. The minimum atomic E-state index is -0.122. The van der Waals surface area contributed by atoms with Crippen molar-refractivity contribution in [1.82, 2.24) is 29.6 Å². The van der Waals surface area contributed by atoms with Crippen LogP contribution in [0.3, 0.4) is 0 Å². The zero-order chi connectivity index (χ0) is 18.6. The number of amides is 2. The largest absolute Gasteiger partial charge is 0.353 e. The second-order valence-electron chi connectivity index (χ2n) is 5.99. The minimum absolute atomic E-state index is 0.122. The molecular weight excluding hydrogens is 368 g/mol. The molecule has 27 heavy (non-hydrogen) atoms. The lowest BCUT2D eigenvalue weighted by molar-refractivity contribution is 0.208. The van der Waals surface area contributed by atoms with E-state index in [1.807, 2.05) is 6.07 Å². The van der Waals surface area contributed by atoms with E-state index in [-0.39, 0.29) is 6.03 Å². The van der Waals surface area contributed by atoms with Crippen LogP contribution in [0.25, 0.3) is 5.82 Å². The summed E-state index contributed by atoms with van der Waals surface area (Å²) in [6, 6.07) is 8.79. The third-order valence-corrected chi connectivity index (χ3v) is 4.53. The van der Waals surface area contributed by atoms with Crippen LogP contribution >= 0.6 is 11.6 Å². The van der Waals surface area contributed by atoms with Gasteiger partial charge in [0.2, 0.25) is 0 Å². The van der Waals surface area contributed by atoms with Gasteiger partial charge in [-0.2, -0.15) is 5.10 Å². The predicted octanol–water partition coefficient (Wildman–Crippen LogP) is 2.06. The Morgan fingerprint density at radius 2 is 1.74 bits per heavy atom. The van der Waals surface area contributed by atoms with Gasteiger partial charge in [0.1, 0.15) is 24.8 Å². The molecule has 138 valence electrons. The van der Waals surface area contributed by atoms with Crippen LogP contribution in [-0.2, 0) is 0 Å². The van der Waals surface area contributed by atoms with Crippen molar-refractivity contribution in [2.75, 3.05) is 36.4 Å². The van der Waals surface area contributed by atoms with E-state index in [9.17, 15) is 4.79 Å². The van der Waals surface area contributed by atoms with Gasteiger partial charge >= 0.3 is 6.03 Å². The van der Waals surface area contributed by atoms with E-state index >= 15 is 0 Å². The molecule has 4 rings (SSSR count). The summed E-state index contributed by atoms with van der Waals surface area (Å²) in [5.41, 5.74) is 0.722. The lowest BCUT2D eigenvalue weighted by atomic mass is 10.3. The van der Waals surface area contributed by atoms with Gasteiger partial charge in [-0.15, -0.1) is 0 Å². The maximum Gasteiger partial charge on any atom is 0.321 e. The van der Waals surface area contributed by atoms with Gasteiger partial charge in [-0.05, 0) is 24.3 Å². The normalized spacial score (nSPS) is 14.3. The van der Waals surface area contributed by atoms with Gasteiger partial charge in [0.15, 0.2) is 5.82 Å². The Bertz CT molecular complexity index is 907. The molecule has 0 unspecified atom stereocenters. The predicted molar refractivity (Wildman–Crippen MR) is 101 cm³/mol. The molecule has 1 aliphatic rings. The number of hydrogen-bond donors (Lipinski definition) is 1. The van der Waals surface area contributed by atoms with Crippen LogP contribution in [0.5, 0.6) is 0 Å². The highest BCUT2D eigenvalue weighted by atomic mass is 35.5. The molecule has 1 aromatic carbocycles. The summed E-state index contributed by atoms with van der Waals surface area (Å²) in [5, 5.41) is 7.60. The van der Waals surface area contributed by atoms with Crippen molar-refractivity contribution in [2.24, 2.45) is 0 Å².